The second-order valence-corrected chi connectivity index (χ2v) is 2.83. The third kappa shape index (κ3) is 3.28. The Hall–Kier alpha value is -2.08. The van der Waals surface area contributed by atoms with Gasteiger partial charge in [-0.05, 0) is 24.3 Å². The molecule has 0 aliphatic carbocycles. The SMILES string of the molecule is CNC(=O)c1ccc(C#CCC=O)cc1. The molecule has 0 radical (unpaired) electrons. The first-order chi connectivity index (χ1) is 7.27. The van der Waals surface area contributed by atoms with Crippen molar-refractivity contribution in [1.82, 2.24) is 5.32 Å². The molecular weight excluding hydrogens is 190 g/mol. The van der Waals surface area contributed by atoms with Crippen LogP contribution >= 0.6 is 0 Å². The molecule has 0 bridgehead atoms. The van der Waals surface area contributed by atoms with E-state index in [4.69, 9.17) is 0 Å². The van der Waals surface area contributed by atoms with E-state index in [0.29, 0.717) is 5.56 Å². The molecule has 0 atom stereocenters. The van der Waals surface area contributed by atoms with Crippen LogP contribution in [0, 0.1) is 11.8 Å². The van der Waals surface area contributed by atoms with Gasteiger partial charge in [0, 0.05) is 18.2 Å². The maximum atomic E-state index is 11.2. The third-order valence-electron chi connectivity index (χ3n) is 1.79. The van der Waals surface area contributed by atoms with Gasteiger partial charge < -0.3 is 10.1 Å². The van der Waals surface area contributed by atoms with Gasteiger partial charge in [-0.15, -0.1) is 0 Å². The Kier molecular flexibility index (Phi) is 4.11. The molecule has 3 nitrogen and oxygen atoms in total. The van der Waals surface area contributed by atoms with Crippen LogP contribution in [-0.4, -0.2) is 19.2 Å². The van der Waals surface area contributed by atoms with Crippen molar-refractivity contribution < 1.29 is 9.59 Å². The van der Waals surface area contributed by atoms with Crippen LogP contribution in [0.3, 0.4) is 0 Å². The molecular formula is C12H11NO2. The average Bonchev–Trinajstić information content (AvgIpc) is 2.29. The lowest BCUT2D eigenvalue weighted by atomic mass is 10.1. The smallest absolute Gasteiger partial charge is 0.251 e. The summed E-state index contributed by atoms with van der Waals surface area (Å²) in [7, 11) is 1.58. The molecule has 1 N–H and O–H groups in total. The predicted octanol–water partition coefficient (Wildman–Crippen LogP) is 0.987. The molecule has 0 aromatic heterocycles. The Bertz CT molecular complexity index is 409. The van der Waals surface area contributed by atoms with Crippen molar-refractivity contribution in [2.45, 2.75) is 6.42 Å². The number of aldehydes is 1. The standard InChI is InChI=1S/C12H11NO2/c1-13-12(15)11-7-5-10(6-8-11)4-2-3-9-14/h5-9H,3H2,1H3,(H,13,15). The minimum Gasteiger partial charge on any atom is -0.355 e. The van der Waals surface area contributed by atoms with Crippen LogP contribution in [0.15, 0.2) is 24.3 Å². The van der Waals surface area contributed by atoms with Crippen molar-refractivity contribution in [3.8, 4) is 11.8 Å². The summed E-state index contributed by atoms with van der Waals surface area (Å²) in [5.41, 5.74) is 1.39. The summed E-state index contributed by atoms with van der Waals surface area (Å²) >= 11 is 0. The third-order valence-corrected chi connectivity index (χ3v) is 1.79. The highest BCUT2D eigenvalue weighted by atomic mass is 16.1. The van der Waals surface area contributed by atoms with Crippen molar-refractivity contribution in [2.75, 3.05) is 7.05 Å². The highest BCUT2D eigenvalue weighted by Gasteiger charge is 2.00. The molecule has 0 unspecified atom stereocenters. The highest BCUT2D eigenvalue weighted by Crippen LogP contribution is 2.02. The van der Waals surface area contributed by atoms with E-state index >= 15 is 0 Å². The van der Waals surface area contributed by atoms with E-state index in [1.165, 1.54) is 0 Å². The number of hydrogen-bond donors (Lipinski definition) is 1. The average molecular weight is 201 g/mol. The lowest BCUT2D eigenvalue weighted by Crippen LogP contribution is -2.17. The summed E-state index contributed by atoms with van der Waals surface area (Å²) in [6.07, 6.45) is 0.989. The Morgan fingerprint density at radius 1 is 1.40 bits per heavy atom. The zero-order valence-electron chi connectivity index (χ0n) is 8.41. The van der Waals surface area contributed by atoms with Gasteiger partial charge in [0.05, 0.1) is 6.42 Å². The number of carbonyl (C=O) groups is 2. The minimum atomic E-state index is -0.123. The molecule has 1 amide bonds. The van der Waals surface area contributed by atoms with Gasteiger partial charge in [-0.1, -0.05) is 11.8 Å². The van der Waals surface area contributed by atoms with Gasteiger partial charge in [-0.2, -0.15) is 0 Å². The second-order valence-electron chi connectivity index (χ2n) is 2.83. The van der Waals surface area contributed by atoms with Gasteiger partial charge >= 0.3 is 0 Å². The van der Waals surface area contributed by atoms with E-state index in [-0.39, 0.29) is 12.3 Å². The van der Waals surface area contributed by atoms with Crippen LogP contribution in [0.2, 0.25) is 0 Å². The van der Waals surface area contributed by atoms with E-state index in [9.17, 15) is 9.59 Å². The molecule has 1 aromatic carbocycles. The summed E-state index contributed by atoms with van der Waals surface area (Å²) in [5, 5.41) is 2.53. The van der Waals surface area contributed by atoms with Gasteiger partial charge in [0.1, 0.15) is 6.29 Å². The van der Waals surface area contributed by atoms with Gasteiger partial charge in [0.15, 0.2) is 0 Å². The summed E-state index contributed by atoms with van der Waals surface area (Å²) in [6, 6.07) is 6.90. The number of carbonyl (C=O) groups excluding carboxylic acids is 2. The zero-order valence-corrected chi connectivity index (χ0v) is 8.41. The maximum absolute atomic E-state index is 11.2. The molecule has 3 heteroatoms. The van der Waals surface area contributed by atoms with Crippen LogP contribution in [0.25, 0.3) is 0 Å². The fourth-order valence-corrected chi connectivity index (χ4v) is 1.04. The van der Waals surface area contributed by atoms with Crippen molar-refractivity contribution >= 4 is 12.2 Å². The molecule has 0 saturated carbocycles. The molecule has 0 saturated heterocycles. The monoisotopic (exact) mass is 201 g/mol. The first-order valence-electron chi connectivity index (χ1n) is 4.52. The van der Waals surface area contributed by atoms with E-state index < -0.39 is 0 Å². The molecule has 0 heterocycles. The molecule has 15 heavy (non-hydrogen) atoms. The Morgan fingerprint density at radius 2 is 2.07 bits per heavy atom. The predicted molar refractivity (Wildman–Crippen MR) is 57.4 cm³/mol. The van der Waals surface area contributed by atoms with Gasteiger partial charge in [0.25, 0.3) is 5.91 Å². The number of hydrogen-bond acceptors (Lipinski definition) is 2. The van der Waals surface area contributed by atoms with E-state index in [0.717, 1.165) is 11.8 Å². The topological polar surface area (TPSA) is 46.2 Å². The number of nitrogens with one attached hydrogen (secondary N) is 1. The van der Waals surface area contributed by atoms with Crippen molar-refractivity contribution in [3.05, 3.63) is 35.4 Å². The fourth-order valence-electron chi connectivity index (χ4n) is 1.04. The summed E-state index contributed by atoms with van der Waals surface area (Å²) in [4.78, 5) is 21.2. The van der Waals surface area contributed by atoms with Crippen LogP contribution in [0.4, 0.5) is 0 Å². The normalized spacial score (nSPS) is 8.60. The Morgan fingerprint density at radius 3 is 2.60 bits per heavy atom. The Labute approximate surface area is 88.5 Å². The lowest BCUT2D eigenvalue weighted by Gasteiger charge is -1.98. The molecule has 0 fully saturated rings. The van der Waals surface area contributed by atoms with Crippen LogP contribution in [-0.2, 0) is 4.79 Å². The summed E-state index contributed by atoms with van der Waals surface area (Å²) in [5.74, 6) is 5.39. The summed E-state index contributed by atoms with van der Waals surface area (Å²) < 4.78 is 0. The van der Waals surface area contributed by atoms with Crippen molar-refractivity contribution in [3.63, 3.8) is 0 Å². The molecule has 76 valence electrons. The molecule has 0 aliphatic rings. The van der Waals surface area contributed by atoms with Crippen LogP contribution in [0.1, 0.15) is 22.3 Å². The number of rotatable bonds is 2. The maximum Gasteiger partial charge on any atom is 0.251 e. The molecule has 0 aliphatic heterocycles. The zero-order chi connectivity index (χ0) is 11.1. The molecule has 0 spiro atoms. The molecule has 1 rings (SSSR count). The number of amides is 1. The lowest BCUT2D eigenvalue weighted by molar-refractivity contribution is -0.107. The van der Waals surface area contributed by atoms with Gasteiger partial charge in [-0.25, -0.2) is 0 Å². The van der Waals surface area contributed by atoms with Crippen LogP contribution in [0.5, 0.6) is 0 Å². The largest absolute Gasteiger partial charge is 0.355 e. The highest BCUT2D eigenvalue weighted by molar-refractivity contribution is 5.94. The fraction of sp³-hybridized carbons (Fsp3) is 0.167. The first-order valence-corrected chi connectivity index (χ1v) is 4.52. The van der Waals surface area contributed by atoms with Crippen molar-refractivity contribution in [1.29, 1.82) is 0 Å². The van der Waals surface area contributed by atoms with E-state index in [2.05, 4.69) is 17.2 Å². The quantitative estimate of drug-likeness (QED) is 0.573. The minimum absolute atomic E-state index is 0.123. The van der Waals surface area contributed by atoms with Gasteiger partial charge in [-0.3, -0.25) is 4.79 Å². The Balaban J connectivity index is 2.77. The number of benzene rings is 1. The van der Waals surface area contributed by atoms with Crippen molar-refractivity contribution in [2.24, 2.45) is 0 Å². The summed E-state index contributed by atoms with van der Waals surface area (Å²) in [6.45, 7) is 0. The van der Waals surface area contributed by atoms with Gasteiger partial charge in [0.2, 0.25) is 0 Å². The second kappa shape index (κ2) is 5.61. The first kappa shape index (κ1) is 11.0. The van der Waals surface area contributed by atoms with E-state index in [1.807, 2.05) is 0 Å². The van der Waals surface area contributed by atoms with Crippen LogP contribution < -0.4 is 5.32 Å². The van der Waals surface area contributed by atoms with E-state index in [1.54, 1.807) is 31.3 Å². The molecule has 1 aromatic rings.